The molecular weight excluding hydrogens is 286 g/mol. The van der Waals surface area contributed by atoms with Gasteiger partial charge in [-0.3, -0.25) is 9.78 Å². The Labute approximate surface area is 131 Å². The maximum atomic E-state index is 12.0. The lowest BCUT2D eigenvalue weighted by Gasteiger charge is -2.16. The van der Waals surface area contributed by atoms with Gasteiger partial charge in [-0.1, -0.05) is 24.3 Å². The number of amides is 1. The summed E-state index contributed by atoms with van der Waals surface area (Å²) in [6.45, 7) is 4.02. The molecule has 1 amide bonds. The molecule has 1 aromatic heterocycles. The van der Waals surface area contributed by atoms with Crippen molar-refractivity contribution in [3.05, 3.63) is 59.4 Å². The number of pyridine rings is 1. The summed E-state index contributed by atoms with van der Waals surface area (Å²) in [7, 11) is 0. The monoisotopic (exact) mass is 305 g/mol. The fourth-order valence-corrected chi connectivity index (χ4v) is 2.15. The maximum absolute atomic E-state index is 12.0. The third kappa shape index (κ3) is 4.76. The molecule has 2 aromatic rings. The van der Waals surface area contributed by atoms with Crippen molar-refractivity contribution >= 4 is 24.0 Å². The summed E-state index contributed by atoms with van der Waals surface area (Å²) < 4.78 is 0. The molecule has 0 aliphatic rings. The normalized spacial score (nSPS) is 11.3. The van der Waals surface area contributed by atoms with Gasteiger partial charge in [0.25, 0.3) is 0 Å². The van der Waals surface area contributed by atoms with Crippen molar-refractivity contribution in [2.75, 3.05) is 5.73 Å². The van der Waals surface area contributed by atoms with E-state index in [4.69, 9.17) is 5.73 Å². The molecule has 0 aliphatic heterocycles. The zero-order valence-corrected chi connectivity index (χ0v) is 13.0. The van der Waals surface area contributed by atoms with Crippen LogP contribution < -0.4 is 11.1 Å². The molecule has 0 fully saturated rings. The second kappa shape index (κ2) is 7.64. The minimum atomic E-state index is -0.0435. The molecule has 0 radical (unpaired) electrons. The summed E-state index contributed by atoms with van der Waals surface area (Å²) in [5.74, 6) is -0.0435. The van der Waals surface area contributed by atoms with Crippen LogP contribution in [-0.2, 0) is 11.2 Å². The number of aromatic nitrogens is 1. The van der Waals surface area contributed by atoms with Gasteiger partial charge in [0, 0.05) is 5.69 Å². The summed E-state index contributed by atoms with van der Waals surface area (Å²) in [4.78, 5) is 16.1. The molecule has 0 aliphatic carbocycles. The minimum absolute atomic E-state index is 0. The molecule has 5 heteroatoms. The van der Waals surface area contributed by atoms with Crippen LogP contribution in [-0.4, -0.2) is 10.9 Å². The Hall–Kier alpha value is -2.07. The number of carbonyl (C=O) groups excluding carboxylic acids is 1. The first-order valence-corrected chi connectivity index (χ1v) is 6.61. The first kappa shape index (κ1) is 17.0. The number of aryl methyl sites for hydroxylation is 1. The van der Waals surface area contributed by atoms with Gasteiger partial charge in [0.1, 0.15) is 0 Å². The smallest absolute Gasteiger partial charge is 0.226 e. The highest BCUT2D eigenvalue weighted by atomic mass is 35.5. The van der Waals surface area contributed by atoms with Crippen LogP contribution in [0.5, 0.6) is 0 Å². The van der Waals surface area contributed by atoms with Crippen LogP contribution in [0.1, 0.15) is 29.8 Å². The van der Waals surface area contributed by atoms with Crippen molar-refractivity contribution < 1.29 is 4.79 Å². The number of hydrogen-bond donors (Lipinski definition) is 2. The summed E-state index contributed by atoms with van der Waals surface area (Å²) >= 11 is 0. The van der Waals surface area contributed by atoms with E-state index in [-0.39, 0.29) is 30.8 Å². The molecule has 1 atom stereocenters. The van der Waals surface area contributed by atoms with Crippen molar-refractivity contribution in [3.63, 3.8) is 0 Å². The van der Waals surface area contributed by atoms with E-state index < -0.39 is 0 Å². The SMILES string of the molecule is Cc1ccccc1C(C)NC(=O)Cc1ccc(N)cn1.Cl. The molecule has 0 spiro atoms. The van der Waals surface area contributed by atoms with Crippen molar-refractivity contribution in [3.8, 4) is 0 Å². The van der Waals surface area contributed by atoms with Crippen LogP contribution in [0.15, 0.2) is 42.6 Å². The molecule has 0 saturated heterocycles. The first-order chi connectivity index (χ1) is 9.56. The molecule has 4 nitrogen and oxygen atoms in total. The molecular formula is C16H20ClN3O. The summed E-state index contributed by atoms with van der Waals surface area (Å²) in [5, 5.41) is 2.99. The highest BCUT2D eigenvalue weighted by Crippen LogP contribution is 2.16. The molecule has 0 bridgehead atoms. The Morgan fingerprint density at radius 3 is 2.62 bits per heavy atom. The van der Waals surface area contributed by atoms with E-state index in [1.54, 1.807) is 18.3 Å². The predicted molar refractivity (Wildman–Crippen MR) is 87.3 cm³/mol. The highest BCUT2D eigenvalue weighted by Gasteiger charge is 2.12. The second-order valence-corrected chi connectivity index (χ2v) is 4.91. The number of nitrogens with zero attached hydrogens (tertiary/aromatic N) is 1. The van der Waals surface area contributed by atoms with E-state index in [2.05, 4.69) is 10.3 Å². The lowest BCUT2D eigenvalue weighted by atomic mass is 10.0. The number of halogens is 1. The highest BCUT2D eigenvalue weighted by molar-refractivity contribution is 5.85. The van der Waals surface area contributed by atoms with Crippen molar-refractivity contribution in [1.82, 2.24) is 10.3 Å². The van der Waals surface area contributed by atoms with Gasteiger partial charge >= 0.3 is 0 Å². The average molecular weight is 306 g/mol. The van der Waals surface area contributed by atoms with Gasteiger partial charge < -0.3 is 11.1 Å². The number of nitrogens with two attached hydrogens (primary N) is 1. The Kier molecular flexibility index (Phi) is 6.18. The zero-order chi connectivity index (χ0) is 14.5. The Balaban J connectivity index is 0.00000220. The van der Waals surface area contributed by atoms with E-state index in [0.29, 0.717) is 11.4 Å². The number of rotatable bonds is 4. The molecule has 1 aromatic carbocycles. The number of nitrogens with one attached hydrogen (secondary N) is 1. The quantitative estimate of drug-likeness (QED) is 0.912. The van der Waals surface area contributed by atoms with Gasteiger partial charge in [-0.2, -0.15) is 0 Å². The molecule has 21 heavy (non-hydrogen) atoms. The van der Waals surface area contributed by atoms with Gasteiger partial charge in [0.15, 0.2) is 0 Å². The topological polar surface area (TPSA) is 68.0 Å². The Morgan fingerprint density at radius 2 is 2.00 bits per heavy atom. The Bertz CT molecular complexity index is 599. The molecule has 0 saturated carbocycles. The van der Waals surface area contributed by atoms with Crippen LogP contribution >= 0.6 is 12.4 Å². The predicted octanol–water partition coefficient (Wildman–Crippen LogP) is 2.81. The maximum Gasteiger partial charge on any atom is 0.226 e. The zero-order valence-electron chi connectivity index (χ0n) is 12.2. The summed E-state index contributed by atoms with van der Waals surface area (Å²) in [6.07, 6.45) is 1.82. The Morgan fingerprint density at radius 1 is 1.29 bits per heavy atom. The third-order valence-electron chi connectivity index (χ3n) is 3.22. The van der Waals surface area contributed by atoms with Crippen LogP contribution in [0.25, 0.3) is 0 Å². The molecule has 1 unspecified atom stereocenters. The number of nitrogen functional groups attached to an aromatic ring is 1. The molecule has 112 valence electrons. The van der Waals surface area contributed by atoms with Crippen molar-refractivity contribution in [2.24, 2.45) is 0 Å². The van der Waals surface area contributed by atoms with Gasteiger partial charge in [-0.25, -0.2) is 0 Å². The number of carbonyl (C=O) groups is 1. The number of hydrogen-bond acceptors (Lipinski definition) is 3. The minimum Gasteiger partial charge on any atom is -0.397 e. The number of benzene rings is 1. The van der Waals surface area contributed by atoms with Crippen LogP contribution in [0.2, 0.25) is 0 Å². The summed E-state index contributed by atoms with van der Waals surface area (Å²) in [6, 6.07) is 11.5. The van der Waals surface area contributed by atoms with E-state index in [1.807, 2.05) is 38.1 Å². The largest absolute Gasteiger partial charge is 0.397 e. The average Bonchev–Trinajstić information content (AvgIpc) is 2.41. The third-order valence-corrected chi connectivity index (χ3v) is 3.22. The lowest BCUT2D eigenvalue weighted by molar-refractivity contribution is -0.121. The first-order valence-electron chi connectivity index (χ1n) is 6.61. The van der Waals surface area contributed by atoms with E-state index in [1.165, 1.54) is 5.56 Å². The number of anilines is 1. The van der Waals surface area contributed by atoms with Gasteiger partial charge in [0.2, 0.25) is 5.91 Å². The molecule has 1 heterocycles. The standard InChI is InChI=1S/C16H19N3O.ClH/c1-11-5-3-4-6-15(11)12(2)19-16(20)9-14-8-7-13(17)10-18-14;/h3-8,10,12H,9,17H2,1-2H3,(H,19,20);1H. The van der Waals surface area contributed by atoms with Crippen LogP contribution in [0, 0.1) is 6.92 Å². The second-order valence-electron chi connectivity index (χ2n) is 4.91. The van der Waals surface area contributed by atoms with Crippen LogP contribution in [0.3, 0.4) is 0 Å². The lowest BCUT2D eigenvalue weighted by Crippen LogP contribution is -2.28. The molecule has 2 rings (SSSR count). The van der Waals surface area contributed by atoms with Gasteiger partial charge in [-0.15, -0.1) is 12.4 Å². The van der Waals surface area contributed by atoms with E-state index >= 15 is 0 Å². The van der Waals surface area contributed by atoms with E-state index in [9.17, 15) is 4.79 Å². The van der Waals surface area contributed by atoms with Crippen molar-refractivity contribution in [1.29, 1.82) is 0 Å². The fourth-order valence-electron chi connectivity index (χ4n) is 2.15. The molecule has 3 N–H and O–H groups in total. The van der Waals surface area contributed by atoms with Gasteiger partial charge in [-0.05, 0) is 37.1 Å². The fraction of sp³-hybridized carbons (Fsp3) is 0.250. The van der Waals surface area contributed by atoms with E-state index in [0.717, 1.165) is 5.56 Å². The summed E-state index contributed by atoms with van der Waals surface area (Å²) in [5.41, 5.74) is 9.19. The van der Waals surface area contributed by atoms with Crippen LogP contribution in [0.4, 0.5) is 5.69 Å². The van der Waals surface area contributed by atoms with Gasteiger partial charge in [0.05, 0.1) is 24.3 Å². The van der Waals surface area contributed by atoms with Crippen molar-refractivity contribution in [2.45, 2.75) is 26.3 Å².